The third-order valence-corrected chi connectivity index (χ3v) is 2.12. The highest BCUT2D eigenvalue weighted by molar-refractivity contribution is 5.90. The van der Waals surface area contributed by atoms with Gasteiger partial charge in [-0.15, -0.1) is 0 Å². The van der Waals surface area contributed by atoms with Crippen LogP contribution in [0.2, 0.25) is 0 Å². The number of nitrogens with one attached hydrogen (secondary N) is 1. The fourth-order valence-corrected chi connectivity index (χ4v) is 1.31. The maximum atomic E-state index is 11.5. The van der Waals surface area contributed by atoms with Gasteiger partial charge in [0.2, 0.25) is 5.91 Å². The highest BCUT2D eigenvalue weighted by Crippen LogP contribution is 2.10. The Bertz CT molecular complexity index is 340. The van der Waals surface area contributed by atoms with Crippen LogP contribution in [0.3, 0.4) is 0 Å². The molecule has 0 saturated carbocycles. The Morgan fingerprint density at radius 3 is 3.00 bits per heavy atom. The normalized spacial score (nSPS) is 10.1. The summed E-state index contributed by atoms with van der Waals surface area (Å²) in [4.78, 5) is 11.5. The van der Waals surface area contributed by atoms with Gasteiger partial charge in [0.15, 0.2) is 0 Å². The lowest BCUT2D eigenvalue weighted by Crippen LogP contribution is -2.14. The van der Waals surface area contributed by atoms with E-state index in [4.69, 9.17) is 10.5 Å². The molecule has 3 N–H and O–H groups in total. The van der Waals surface area contributed by atoms with Crippen molar-refractivity contribution in [2.45, 2.75) is 19.9 Å². The summed E-state index contributed by atoms with van der Waals surface area (Å²) in [7, 11) is 0. The molecule has 0 atom stereocenters. The van der Waals surface area contributed by atoms with Gasteiger partial charge < -0.3 is 15.8 Å². The van der Waals surface area contributed by atoms with Crippen LogP contribution >= 0.6 is 0 Å². The molecule has 1 rings (SSSR count). The maximum absolute atomic E-state index is 11.5. The maximum Gasteiger partial charge on any atom is 0.226 e. The van der Waals surface area contributed by atoms with Gasteiger partial charge in [0.1, 0.15) is 0 Å². The van der Waals surface area contributed by atoms with Crippen LogP contribution in [0.5, 0.6) is 0 Å². The molecule has 16 heavy (non-hydrogen) atoms. The number of rotatable bonds is 6. The number of anilines is 1. The Morgan fingerprint density at radius 1 is 1.50 bits per heavy atom. The summed E-state index contributed by atoms with van der Waals surface area (Å²) < 4.78 is 5.11. The predicted molar refractivity (Wildman–Crippen MR) is 64.1 cm³/mol. The second-order valence-corrected chi connectivity index (χ2v) is 3.40. The molecule has 1 aromatic rings. The van der Waals surface area contributed by atoms with Crippen molar-refractivity contribution in [2.24, 2.45) is 5.73 Å². The van der Waals surface area contributed by atoms with Crippen molar-refractivity contribution in [3.8, 4) is 0 Å². The van der Waals surface area contributed by atoms with Crippen molar-refractivity contribution in [2.75, 3.05) is 18.5 Å². The van der Waals surface area contributed by atoms with E-state index in [1.165, 1.54) is 0 Å². The zero-order valence-corrected chi connectivity index (χ0v) is 9.53. The third-order valence-electron chi connectivity index (χ3n) is 2.12. The zero-order valence-electron chi connectivity index (χ0n) is 9.53. The second-order valence-electron chi connectivity index (χ2n) is 3.40. The van der Waals surface area contributed by atoms with E-state index in [1.807, 2.05) is 31.2 Å². The van der Waals surface area contributed by atoms with Gasteiger partial charge >= 0.3 is 0 Å². The van der Waals surface area contributed by atoms with Gasteiger partial charge in [-0.2, -0.15) is 0 Å². The molecule has 0 aliphatic carbocycles. The van der Waals surface area contributed by atoms with Crippen molar-refractivity contribution in [3.63, 3.8) is 0 Å². The minimum absolute atomic E-state index is 0.0392. The summed E-state index contributed by atoms with van der Waals surface area (Å²) in [5, 5.41) is 2.80. The first-order valence-corrected chi connectivity index (χ1v) is 5.43. The monoisotopic (exact) mass is 222 g/mol. The van der Waals surface area contributed by atoms with Crippen LogP contribution in [-0.2, 0) is 16.1 Å². The molecule has 0 spiro atoms. The number of benzene rings is 1. The van der Waals surface area contributed by atoms with E-state index >= 15 is 0 Å². The number of carbonyl (C=O) groups excluding carboxylic acids is 1. The van der Waals surface area contributed by atoms with Crippen molar-refractivity contribution < 1.29 is 9.53 Å². The van der Waals surface area contributed by atoms with Crippen LogP contribution in [0.1, 0.15) is 18.9 Å². The van der Waals surface area contributed by atoms with Gasteiger partial charge in [0, 0.05) is 18.8 Å². The topological polar surface area (TPSA) is 64.3 Å². The summed E-state index contributed by atoms with van der Waals surface area (Å²) in [5.74, 6) is -0.0392. The van der Waals surface area contributed by atoms with Gasteiger partial charge in [-0.05, 0) is 24.6 Å². The molecular weight excluding hydrogens is 204 g/mol. The Labute approximate surface area is 95.8 Å². The summed E-state index contributed by atoms with van der Waals surface area (Å²) in [6.45, 7) is 3.47. The Morgan fingerprint density at radius 2 is 2.31 bits per heavy atom. The molecule has 0 aliphatic rings. The minimum atomic E-state index is -0.0392. The molecule has 0 unspecified atom stereocenters. The Hall–Kier alpha value is -1.39. The molecule has 0 fully saturated rings. The Kier molecular flexibility index (Phi) is 5.53. The molecule has 4 heteroatoms. The average Bonchev–Trinajstić information content (AvgIpc) is 2.29. The minimum Gasteiger partial charge on any atom is -0.381 e. The number of hydrogen-bond donors (Lipinski definition) is 2. The Balaban J connectivity index is 2.43. The van der Waals surface area contributed by atoms with Gasteiger partial charge in [0.05, 0.1) is 13.0 Å². The molecule has 1 amide bonds. The van der Waals surface area contributed by atoms with Gasteiger partial charge in [-0.25, -0.2) is 0 Å². The largest absolute Gasteiger partial charge is 0.381 e. The summed E-state index contributed by atoms with van der Waals surface area (Å²) in [6.07, 6.45) is 0.376. The van der Waals surface area contributed by atoms with Crippen LogP contribution in [-0.4, -0.2) is 19.1 Å². The van der Waals surface area contributed by atoms with E-state index < -0.39 is 0 Å². The van der Waals surface area contributed by atoms with Crippen molar-refractivity contribution in [1.82, 2.24) is 0 Å². The van der Waals surface area contributed by atoms with Gasteiger partial charge in [-0.1, -0.05) is 12.1 Å². The first-order chi connectivity index (χ1) is 7.76. The third kappa shape index (κ3) is 4.42. The van der Waals surface area contributed by atoms with Crippen molar-refractivity contribution >= 4 is 11.6 Å². The SMILES string of the molecule is CCOCCC(=O)Nc1cccc(CN)c1. The summed E-state index contributed by atoms with van der Waals surface area (Å²) >= 11 is 0. The van der Waals surface area contributed by atoms with E-state index in [2.05, 4.69) is 5.32 Å². The summed E-state index contributed by atoms with van der Waals surface area (Å²) in [5.41, 5.74) is 7.30. The molecular formula is C12H18N2O2. The lowest BCUT2D eigenvalue weighted by atomic mass is 10.2. The molecule has 0 bridgehead atoms. The fraction of sp³-hybridized carbons (Fsp3) is 0.417. The highest BCUT2D eigenvalue weighted by atomic mass is 16.5. The average molecular weight is 222 g/mol. The van der Waals surface area contributed by atoms with Gasteiger partial charge in [0.25, 0.3) is 0 Å². The van der Waals surface area contributed by atoms with Crippen LogP contribution in [0.25, 0.3) is 0 Å². The summed E-state index contributed by atoms with van der Waals surface area (Å²) in [6, 6.07) is 7.52. The molecule has 0 saturated heterocycles. The lowest BCUT2D eigenvalue weighted by molar-refractivity contribution is -0.117. The van der Waals surface area contributed by atoms with E-state index in [0.29, 0.717) is 26.2 Å². The van der Waals surface area contributed by atoms with Crippen LogP contribution < -0.4 is 11.1 Å². The van der Waals surface area contributed by atoms with Crippen LogP contribution in [0.4, 0.5) is 5.69 Å². The molecule has 4 nitrogen and oxygen atoms in total. The highest BCUT2D eigenvalue weighted by Gasteiger charge is 2.02. The zero-order chi connectivity index (χ0) is 11.8. The number of nitrogens with two attached hydrogens (primary N) is 1. The standard InChI is InChI=1S/C12H18N2O2/c1-2-16-7-6-12(15)14-11-5-3-4-10(8-11)9-13/h3-5,8H,2,6-7,9,13H2,1H3,(H,14,15). The number of ether oxygens (including phenoxy) is 1. The predicted octanol–water partition coefficient (Wildman–Crippen LogP) is 1.51. The van der Waals surface area contributed by atoms with Crippen molar-refractivity contribution in [3.05, 3.63) is 29.8 Å². The second kappa shape index (κ2) is 6.98. The van der Waals surface area contributed by atoms with Crippen molar-refractivity contribution in [1.29, 1.82) is 0 Å². The van der Waals surface area contributed by atoms with E-state index in [9.17, 15) is 4.79 Å². The van der Waals surface area contributed by atoms with Gasteiger partial charge in [-0.3, -0.25) is 4.79 Å². The van der Waals surface area contributed by atoms with E-state index in [0.717, 1.165) is 11.3 Å². The fourth-order valence-electron chi connectivity index (χ4n) is 1.31. The molecule has 0 aliphatic heterocycles. The smallest absolute Gasteiger partial charge is 0.226 e. The molecule has 0 aromatic heterocycles. The first-order valence-electron chi connectivity index (χ1n) is 5.43. The number of hydrogen-bond acceptors (Lipinski definition) is 3. The lowest BCUT2D eigenvalue weighted by Gasteiger charge is -2.06. The molecule has 0 radical (unpaired) electrons. The number of amides is 1. The van der Waals surface area contributed by atoms with E-state index in [1.54, 1.807) is 0 Å². The first kappa shape index (κ1) is 12.7. The quantitative estimate of drug-likeness (QED) is 0.717. The molecule has 88 valence electrons. The number of carbonyl (C=O) groups is 1. The van der Waals surface area contributed by atoms with Crippen LogP contribution in [0.15, 0.2) is 24.3 Å². The molecule has 0 heterocycles. The van der Waals surface area contributed by atoms with Crippen LogP contribution in [0, 0.1) is 0 Å². The molecule has 1 aromatic carbocycles. The van der Waals surface area contributed by atoms with E-state index in [-0.39, 0.29) is 5.91 Å².